The molecule has 1 rings (SSSR count). The van der Waals surface area contributed by atoms with Gasteiger partial charge in [-0.05, 0) is 6.92 Å². The zero-order valence-electron chi connectivity index (χ0n) is 4.77. The lowest BCUT2D eigenvalue weighted by Gasteiger charge is -2.06. The predicted molar refractivity (Wildman–Crippen MR) is 31.1 cm³/mol. The molecule has 1 aliphatic rings. The highest BCUT2D eigenvalue weighted by Crippen LogP contribution is 1.91. The summed E-state index contributed by atoms with van der Waals surface area (Å²) >= 11 is 0. The molecule has 1 N–H and O–H groups in total. The topological polar surface area (TPSA) is 41.5 Å². The first-order valence-electron chi connectivity index (χ1n) is 2.61. The van der Waals surface area contributed by atoms with Crippen LogP contribution in [-0.2, 0) is 0 Å². The van der Waals surface area contributed by atoms with Gasteiger partial charge in [-0.1, -0.05) is 0 Å². The van der Waals surface area contributed by atoms with Crippen molar-refractivity contribution < 1.29 is 4.79 Å². The van der Waals surface area contributed by atoms with Crippen LogP contribution in [0.1, 0.15) is 13.3 Å². The fraction of sp³-hybridized carbons (Fsp3) is 0.600. The maximum absolute atomic E-state index is 10.4. The largest absolute Gasteiger partial charge is 0.340 e. The molecule has 0 aromatic carbocycles. The molecular formula is C5H8N2O. The molecule has 0 aromatic rings. The Kier molecular flexibility index (Phi) is 1.28. The van der Waals surface area contributed by atoms with Crippen molar-refractivity contribution in [3.63, 3.8) is 0 Å². The van der Waals surface area contributed by atoms with Crippen molar-refractivity contribution in [1.82, 2.24) is 5.32 Å². The first-order valence-corrected chi connectivity index (χ1v) is 2.61. The fourth-order valence-electron chi connectivity index (χ4n) is 0.619. The van der Waals surface area contributed by atoms with E-state index in [4.69, 9.17) is 0 Å². The van der Waals surface area contributed by atoms with Gasteiger partial charge in [0.1, 0.15) is 0 Å². The highest BCUT2D eigenvalue weighted by molar-refractivity contribution is 5.95. The van der Waals surface area contributed by atoms with E-state index in [-0.39, 0.29) is 6.03 Å². The number of aliphatic imine (C=N–C) groups is 1. The summed E-state index contributed by atoms with van der Waals surface area (Å²) in [6, 6.07) is -0.200. The van der Waals surface area contributed by atoms with Gasteiger partial charge in [-0.2, -0.15) is 0 Å². The van der Waals surface area contributed by atoms with Gasteiger partial charge in [0.25, 0.3) is 0 Å². The van der Waals surface area contributed by atoms with E-state index in [2.05, 4.69) is 10.3 Å². The number of carbonyl (C=O) groups is 1. The Labute approximate surface area is 47.8 Å². The van der Waals surface area contributed by atoms with Gasteiger partial charge in [0, 0.05) is 18.7 Å². The summed E-state index contributed by atoms with van der Waals surface area (Å²) in [6.45, 7) is 2.60. The zero-order chi connectivity index (χ0) is 5.98. The molecule has 0 unspecified atom stereocenters. The van der Waals surface area contributed by atoms with Crippen LogP contribution >= 0.6 is 0 Å². The van der Waals surface area contributed by atoms with Gasteiger partial charge < -0.3 is 5.32 Å². The molecule has 1 heterocycles. The first kappa shape index (κ1) is 5.28. The van der Waals surface area contributed by atoms with E-state index in [9.17, 15) is 4.79 Å². The van der Waals surface area contributed by atoms with Crippen molar-refractivity contribution in [2.75, 3.05) is 6.54 Å². The van der Waals surface area contributed by atoms with Crippen molar-refractivity contribution in [2.24, 2.45) is 4.99 Å². The average molecular weight is 112 g/mol. The van der Waals surface area contributed by atoms with Crippen LogP contribution in [0.4, 0.5) is 4.79 Å². The normalized spacial score (nSPS) is 19.6. The van der Waals surface area contributed by atoms with Crippen molar-refractivity contribution in [1.29, 1.82) is 0 Å². The van der Waals surface area contributed by atoms with Crippen LogP contribution in [0.15, 0.2) is 4.99 Å². The Bertz CT molecular complexity index is 139. The van der Waals surface area contributed by atoms with Gasteiger partial charge in [0.15, 0.2) is 0 Å². The quantitative estimate of drug-likeness (QED) is 0.488. The second-order valence-corrected chi connectivity index (χ2v) is 1.83. The van der Waals surface area contributed by atoms with Gasteiger partial charge in [-0.25, -0.2) is 9.79 Å². The maximum Gasteiger partial charge on any atom is 0.340 e. The molecule has 0 saturated heterocycles. The third-order valence-electron chi connectivity index (χ3n) is 1.06. The van der Waals surface area contributed by atoms with Crippen LogP contribution in [0.5, 0.6) is 0 Å². The Morgan fingerprint density at radius 3 is 2.88 bits per heavy atom. The molecule has 0 aliphatic carbocycles. The average Bonchev–Trinajstić information content (AvgIpc) is 1.64. The summed E-state index contributed by atoms with van der Waals surface area (Å²) in [7, 11) is 0. The second kappa shape index (κ2) is 1.94. The Morgan fingerprint density at radius 2 is 2.50 bits per heavy atom. The Hall–Kier alpha value is -0.860. The molecule has 0 spiro atoms. The molecule has 0 radical (unpaired) electrons. The highest BCUT2D eigenvalue weighted by Gasteiger charge is 2.04. The van der Waals surface area contributed by atoms with E-state index in [0.29, 0.717) is 0 Å². The number of nitrogens with one attached hydrogen (secondary N) is 1. The zero-order valence-corrected chi connectivity index (χ0v) is 4.77. The molecule has 3 nitrogen and oxygen atoms in total. The minimum absolute atomic E-state index is 0.200. The standard InChI is InChI=1S/C5H8N2O/c1-4-2-3-6-5(8)7-4/h2-3H2,1H3,(H,6,8). The molecule has 0 bridgehead atoms. The number of rotatable bonds is 0. The van der Waals surface area contributed by atoms with Crippen molar-refractivity contribution in [3.8, 4) is 0 Å². The molecule has 1 aliphatic heterocycles. The van der Waals surface area contributed by atoms with Crippen molar-refractivity contribution >= 4 is 11.7 Å². The number of amides is 2. The van der Waals surface area contributed by atoms with E-state index in [1.54, 1.807) is 0 Å². The number of urea groups is 1. The summed E-state index contributed by atoms with van der Waals surface area (Å²) in [6.07, 6.45) is 0.895. The van der Waals surface area contributed by atoms with Crippen LogP contribution in [0.3, 0.4) is 0 Å². The summed E-state index contributed by atoms with van der Waals surface area (Å²) in [5.41, 5.74) is 0.925. The van der Waals surface area contributed by atoms with Gasteiger partial charge in [-0.15, -0.1) is 0 Å². The Morgan fingerprint density at radius 1 is 1.75 bits per heavy atom. The van der Waals surface area contributed by atoms with E-state index < -0.39 is 0 Å². The number of nitrogens with zero attached hydrogens (tertiary/aromatic N) is 1. The fourth-order valence-corrected chi connectivity index (χ4v) is 0.619. The van der Waals surface area contributed by atoms with Crippen molar-refractivity contribution in [3.05, 3.63) is 0 Å². The van der Waals surface area contributed by atoms with E-state index in [1.807, 2.05) is 6.92 Å². The summed E-state index contributed by atoms with van der Waals surface area (Å²) < 4.78 is 0. The van der Waals surface area contributed by atoms with Gasteiger partial charge in [0.2, 0.25) is 0 Å². The maximum atomic E-state index is 10.4. The number of hydrogen-bond acceptors (Lipinski definition) is 1. The number of carbonyl (C=O) groups excluding carboxylic acids is 1. The summed E-state index contributed by atoms with van der Waals surface area (Å²) in [5.74, 6) is 0. The van der Waals surface area contributed by atoms with Crippen LogP contribution in [-0.4, -0.2) is 18.3 Å². The lowest BCUT2D eigenvalue weighted by Crippen LogP contribution is -2.27. The molecule has 8 heavy (non-hydrogen) atoms. The lowest BCUT2D eigenvalue weighted by atomic mass is 10.3. The highest BCUT2D eigenvalue weighted by atomic mass is 16.2. The molecule has 44 valence electrons. The molecule has 0 atom stereocenters. The third kappa shape index (κ3) is 1.05. The van der Waals surface area contributed by atoms with Gasteiger partial charge >= 0.3 is 6.03 Å². The van der Waals surface area contributed by atoms with Gasteiger partial charge in [0.05, 0.1) is 0 Å². The molecule has 0 saturated carbocycles. The van der Waals surface area contributed by atoms with Crippen LogP contribution < -0.4 is 5.32 Å². The van der Waals surface area contributed by atoms with E-state index in [0.717, 1.165) is 18.7 Å². The molecule has 3 heteroatoms. The lowest BCUT2D eigenvalue weighted by molar-refractivity contribution is 0.248. The third-order valence-corrected chi connectivity index (χ3v) is 1.06. The predicted octanol–water partition coefficient (Wildman–Crippen LogP) is 0.561. The minimum Gasteiger partial charge on any atom is -0.336 e. The Balaban J connectivity index is 2.64. The summed E-state index contributed by atoms with van der Waals surface area (Å²) in [5, 5.41) is 2.59. The van der Waals surface area contributed by atoms with Crippen LogP contribution in [0, 0.1) is 0 Å². The van der Waals surface area contributed by atoms with Crippen molar-refractivity contribution in [2.45, 2.75) is 13.3 Å². The van der Waals surface area contributed by atoms with Gasteiger partial charge in [-0.3, -0.25) is 0 Å². The van der Waals surface area contributed by atoms with Crippen LogP contribution in [0.2, 0.25) is 0 Å². The van der Waals surface area contributed by atoms with E-state index in [1.165, 1.54) is 0 Å². The van der Waals surface area contributed by atoms with E-state index >= 15 is 0 Å². The van der Waals surface area contributed by atoms with Crippen LogP contribution in [0.25, 0.3) is 0 Å². The molecular weight excluding hydrogens is 104 g/mol. The summed E-state index contributed by atoms with van der Waals surface area (Å²) in [4.78, 5) is 14.0. The molecule has 0 fully saturated rings. The minimum atomic E-state index is -0.200. The monoisotopic (exact) mass is 112 g/mol. The first-order chi connectivity index (χ1) is 3.79. The second-order valence-electron chi connectivity index (χ2n) is 1.83. The number of hydrogen-bond donors (Lipinski definition) is 1. The smallest absolute Gasteiger partial charge is 0.336 e. The molecule has 0 aromatic heterocycles. The molecule has 2 amide bonds. The SMILES string of the molecule is CC1=NC(=O)NCC1.